The van der Waals surface area contributed by atoms with E-state index >= 15 is 0 Å². The zero-order valence-electron chi connectivity index (χ0n) is 13.2. The minimum absolute atomic E-state index is 0.279. The Labute approximate surface area is 133 Å². The maximum atomic E-state index is 2.33. The van der Waals surface area contributed by atoms with Gasteiger partial charge in [-0.25, -0.2) is 0 Å². The number of aryl methyl sites for hydroxylation is 1. The minimum Gasteiger partial charge on any atom is -0.0748 e. The molecule has 0 fully saturated rings. The molecule has 4 rings (SSSR count). The first-order chi connectivity index (χ1) is 10.8. The summed E-state index contributed by atoms with van der Waals surface area (Å²) in [6.45, 7) is 2.33. The van der Waals surface area contributed by atoms with E-state index in [4.69, 9.17) is 0 Å². The van der Waals surface area contributed by atoms with E-state index in [1.807, 2.05) is 0 Å². The van der Waals surface area contributed by atoms with Crippen LogP contribution in [0.1, 0.15) is 36.5 Å². The van der Waals surface area contributed by atoms with Crippen LogP contribution in [0.15, 0.2) is 66.8 Å². The van der Waals surface area contributed by atoms with Gasteiger partial charge in [0.2, 0.25) is 0 Å². The van der Waals surface area contributed by atoms with Crippen molar-refractivity contribution in [2.75, 3.05) is 0 Å². The summed E-state index contributed by atoms with van der Waals surface area (Å²) >= 11 is 0. The molecular weight excluding hydrogens is 264 g/mol. The summed E-state index contributed by atoms with van der Waals surface area (Å²) in [6.07, 6.45) is 13.8. The van der Waals surface area contributed by atoms with Gasteiger partial charge in [0.15, 0.2) is 0 Å². The van der Waals surface area contributed by atoms with Crippen molar-refractivity contribution in [1.82, 2.24) is 0 Å². The molecule has 0 aromatic heterocycles. The molecule has 0 saturated carbocycles. The summed E-state index contributed by atoms with van der Waals surface area (Å²) in [6, 6.07) is 15.7. The Morgan fingerprint density at radius 2 is 1.68 bits per heavy atom. The second kappa shape index (κ2) is 5.28. The lowest BCUT2D eigenvalue weighted by Gasteiger charge is -2.19. The van der Waals surface area contributed by atoms with E-state index in [2.05, 4.69) is 73.7 Å². The van der Waals surface area contributed by atoms with E-state index in [1.54, 1.807) is 11.1 Å². The van der Waals surface area contributed by atoms with Crippen molar-refractivity contribution in [3.05, 3.63) is 83.5 Å². The van der Waals surface area contributed by atoms with Crippen LogP contribution >= 0.6 is 0 Å². The zero-order chi connectivity index (χ0) is 15.0. The molecule has 0 aliphatic heterocycles. The van der Waals surface area contributed by atoms with E-state index in [-0.39, 0.29) is 5.41 Å². The van der Waals surface area contributed by atoms with Gasteiger partial charge in [-0.3, -0.25) is 0 Å². The van der Waals surface area contributed by atoms with Gasteiger partial charge in [0.05, 0.1) is 0 Å². The van der Waals surface area contributed by atoms with E-state index in [1.165, 1.54) is 36.0 Å². The lowest BCUT2D eigenvalue weighted by atomic mass is 9.85. The minimum atomic E-state index is 0.279. The van der Waals surface area contributed by atoms with Crippen LogP contribution in [-0.2, 0) is 12.8 Å². The van der Waals surface area contributed by atoms with Gasteiger partial charge in [0, 0.05) is 5.41 Å². The van der Waals surface area contributed by atoms with Crippen molar-refractivity contribution in [1.29, 1.82) is 0 Å². The van der Waals surface area contributed by atoms with Gasteiger partial charge in [-0.1, -0.05) is 73.7 Å². The number of rotatable bonds is 4. The molecule has 0 saturated heterocycles. The van der Waals surface area contributed by atoms with E-state index in [9.17, 15) is 0 Å². The highest BCUT2D eigenvalue weighted by Gasteiger charge is 2.22. The zero-order valence-corrected chi connectivity index (χ0v) is 13.2. The van der Waals surface area contributed by atoms with Crippen LogP contribution in [-0.4, -0.2) is 0 Å². The van der Waals surface area contributed by atoms with Crippen molar-refractivity contribution < 1.29 is 0 Å². The summed E-state index contributed by atoms with van der Waals surface area (Å²) in [5.41, 5.74) is 7.77. The quantitative estimate of drug-likeness (QED) is 0.576. The monoisotopic (exact) mass is 286 g/mol. The maximum absolute atomic E-state index is 2.33. The molecule has 0 spiro atoms. The van der Waals surface area contributed by atoms with Crippen molar-refractivity contribution in [2.45, 2.75) is 32.6 Å². The fourth-order valence-corrected chi connectivity index (χ4v) is 3.89. The van der Waals surface area contributed by atoms with Crippen LogP contribution in [0.4, 0.5) is 0 Å². The van der Waals surface area contributed by atoms with Crippen molar-refractivity contribution in [3.63, 3.8) is 0 Å². The van der Waals surface area contributed by atoms with Crippen molar-refractivity contribution in [3.8, 4) is 11.1 Å². The standard InChI is InChI=1S/C22H22/c1-22(13-4-5-14-22)15-7-10-17-9-6-12-20-19-11-3-2-8-18(19)16-21(17)20/h2-6,8-9,11-14H,7,10,15-16H2,1H3. The predicted molar refractivity (Wildman–Crippen MR) is 94.0 cm³/mol. The van der Waals surface area contributed by atoms with E-state index in [0.717, 1.165) is 6.42 Å². The molecule has 2 aliphatic rings. The van der Waals surface area contributed by atoms with Gasteiger partial charge in [-0.05, 0) is 53.5 Å². The highest BCUT2D eigenvalue weighted by atomic mass is 14.3. The molecule has 22 heavy (non-hydrogen) atoms. The number of hydrogen-bond donors (Lipinski definition) is 0. The highest BCUT2D eigenvalue weighted by Crippen LogP contribution is 2.39. The van der Waals surface area contributed by atoms with Crippen molar-refractivity contribution in [2.24, 2.45) is 5.41 Å². The first kappa shape index (κ1) is 13.6. The average molecular weight is 286 g/mol. The fourth-order valence-electron chi connectivity index (χ4n) is 3.89. The Hall–Kier alpha value is -2.08. The third-order valence-electron chi connectivity index (χ3n) is 5.17. The van der Waals surface area contributed by atoms with E-state index in [0.29, 0.717) is 0 Å². The Bertz CT molecular complexity index is 749. The van der Waals surface area contributed by atoms with Crippen LogP contribution < -0.4 is 0 Å². The van der Waals surface area contributed by atoms with Crippen LogP contribution in [0.3, 0.4) is 0 Å². The second-order valence-electron chi connectivity index (χ2n) is 6.85. The largest absolute Gasteiger partial charge is 0.0748 e. The number of benzene rings is 2. The molecule has 0 bridgehead atoms. The molecule has 0 nitrogen and oxygen atoms in total. The number of fused-ring (bicyclic) bond motifs is 3. The van der Waals surface area contributed by atoms with Gasteiger partial charge in [-0.15, -0.1) is 0 Å². The molecule has 0 unspecified atom stereocenters. The molecular formula is C22H22. The molecule has 110 valence electrons. The van der Waals surface area contributed by atoms with Gasteiger partial charge < -0.3 is 0 Å². The van der Waals surface area contributed by atoms with Gasteiger partial charge >= 0.3 is 0 Å². The van der Waals surface area contributed by atoms with Gasteiger partial charge in [-0.2, -0.15) is 0 Å². The Morgan fingerprint density at radius 1 is 0.909 bits per heavy atom. The summed E-state index contributed by atoms with van der Waals surface area (Å²) in [7, 11) is 0. The summed E-state index contributed by atoms with van der Waals surface area (Å²) in [4.78, 5) is 0. The van der Waals surface area contributed by atoms with Crippen molar-refractivity contribution >= 4 is 0 Å². The predicted octanol–water partition coefficient (Wildman–Crippen LogP) is 5.71. The Balaban J connectivity index is 1.53. The fraction of sp³-hybridized carbons (Fsp3) is 0.273. The summed E-state index contributed by atoms with van der Waals surface area (Å²) in [5, 5.41) is 0. The second-order valence-corrected chi connectivity index (χ2v) is 6.85. The topological polar surface area (TPSA) is 0 Å². The SMILES string of the molecule is CC1(CCCc2cccc3c2Cc2ccccc2-3)C=CC=C1. The molecule has 0 heterocycles. The number of allylic oxidation sites excluding steroid dienone is 4. The third-order valence-corrected chi connectivity index (χ3v) is 5.17. The number of hydrogen-bond acceptors (Lipinski definition) is 0. The molecule has 0 heteroatoms. The summed E-state index contributed by atoms with van der Waals surface area (Å²) < 4.78 is 0. The molecule has 2 aromatic carbocycles. The normalized spacial score (nSPS) is 16.8. The van der Waals surface area contributed by atoms with E-state index < -0.39 is 0 Å². The molecule has 0 N–H and O–H groups in total. The Morgan fingerprint density at radius 3 is 2.55 bits per heavy atom. The van der Waals surface area contributed by atoms with Gasteiger partial charge in [0.1, 0.15) is 0 Å². The summed E-state index contributed by atoms with van der Waals surface area (Å²) in [5.74, 6) is 0. The third kappa shape index (κ3) is 2.33. The molecule has 0 radical (unpaired) electrons. The first-order valence-electron chi connectivity index (χ1n) is 8.31. The molecule has 0 amide bonds. The smallest absolute Gasteiger partial charge is 0.00390 e. The van der Waals surface area contributed by atoms with Crippen LogP contribution in [0, 0.1) is 5.41 Å². The molecule has 0 atom stereocenters. The lowest BCUT2D eigenvalue weighted by molar-refractivity contribution is 0.484. The molecule has 2 aliphatic carbocycles. The van der Waals surface area contributed by atoms with Crippen LogP contribution in [0.25, 0.3) is 11.1 Å². The molecule has 2 aromatic rings. The lowest BCUT2D eigenvalue weighted by Crippen LogP contribution is -2.07. The first-order valence-corrected chi connectivity index (χ1v) is 8.31. The Kier molecular flexibility index (Phi) is 3.26. The van der Waals surface area contributed by atoms with Crippen LogP contribution in [0.2, 0.25) is 0 Å². The highest BCUT2D eigenvalue weighted by molar-refractivity contribution is 5.77. The average Bonchev–Trinajstić information content (AvgIpc) is 3.12. The van der Waals surface area contributed by atoms with Crippen LogP contribution in [0.5, 0.6) is 0 Å². The maximum Gasteiger partial charge on any atom is 0.00390 e. The van der Waals surface area contributed by atoms with Gasteiger partial charge in [0.25, 0.3) is 0 Å².